The summed E-state index contributed by atoms with van der Waals surface area (Å²) in [6.07, 6.45) is 1.07. The summed E-state index contributed by atoms with van der Waals surface area (Å²) in [6.45, 7) is 2.23. The van der Waals surface area contributed by atoms with Gasteiger partial charge in [0.2, 0.25) is 5.88 Å². The summed E-state index contributed by atoms with van der Waals surface area (Å²) in [4.78, 5) is 26.9. The summed E-state index contributed by atoms with van der Waals surface area (Å²) < 4.78 is 10.4. The van der Waals surface area contributed by atoms with Crippen molar-refractivity contribution in [3.8, 4) is 11.6 Å². The van der Waals surface area contributed by atoms with E-state index in [1.54, 1.807) is 25.3 Å². The molecule has 0 aliphatic carbocycles. The number of aldehydes is 1. The zero-order valence-electron chi connectivity index (χ0n) is 14.8. The van der Waals surface area contributed by atoms with E-state index in [1.165, 1.54) is 13.0 Å². The summed E-state index contributed by atoms with van der Waals surface area (Å²) in [6, 6.07) is 6.39. The van der Waals surface area contributed by atoms with Crippen LogP contribution in [0.25, 0.3) is 10.9 Å². The summed E-state index contributed by atoms with van der Waals surface area (Å²) in [5.74, 6) is -0.521. The van der Waals surface area contributed by atoms with E-state index < -0.39 is 5.92 Å². The predicted molar refractivity (Wildman–Crippen MR) is 97.1 cm³/mol. The fourth-order valence-electron chi connectivity index (χ4n) is 2.59. The first-order chi connectivity index (χ1) is 12.5. The number of hydrogen-bond donors (Lipinski definition) is 2. The first-order valence-corrected chi connectivity index (χ1v) is 8.26. The third kappa shape index (κ3) is 4.64. The molecule has 1 heterocycles. The third-order valence-electron chi connectivity index (χ3n) is 3.97. The molecule has 0 saturated carbocycles. The smallest absolute Gasteiger partial charge is 0.213 e. The monoisotopic (exact) mass is 358 g/mol. The van der Waals surface area contributed by atoms with E-state index in [4.69, 9.17) is 14.9 Å². The van der Waals surface area contributed by atoms with Crippen molar-refractivity contribution in [2.24, 2.45) is 5.92 Å². The molecule has 7 nitrogen and oxygen atoms in total. The molecule has 1 aromatic heterocycles. The maximum absolute atomic E-state index is 11.4. The maximum atomic E-state index is 11.4. The van der Waals surface area contributed by atoms with Gasteiger partial charge in [0, 0.05) is 30.5 Å². The van der Waals surface area contributed by atoms with E-state index in [0.717, 1.165) is 0 Å². The van der Waals surface area contributed by atoms with Crippen LogP contribution in [0.2, 0.25) is 0 Å². The number of phenolic OH excluding ortho intramolecular Hbond substituents is 1. The number of aromatic nitrogens is 1. The Labute approximate surface area is 151 Å². The molecule has 1 aromatic carbocycles. The molecule has 0 spiro atoms. The van der Waals surface area contributed by atoms with Crippen molar-refractivity contribution >= 4 is 28.7 Å². The number of rotatable bonds is 10. The lowest BCUT2D eigenvalue weighted by Crippen LogP contribution is -2.18. The first kappa shape index (κ1) is 19.5. The summed E-state index contributed by atoms with van der Waals surface area (Å²) in [7, 11) is 1.58. The lowest BCUT2D eigenvalue weighted by atomic mass is 9.90. The van der Waals surface area contributed by atoms with Crippen LogP contribution in [0.3, 0.4) is 0 Å². The molecule has 2 aromatic rings. The number of Topliss-reactive ketones (excluding diaryl/α,β-unsaturated/α-hetero) is 1. The predicted octanol–water partition coefficient (Wildman–Crippen LogP) is 2.52. The molecule has 138 valence electrons. The van der Waals surface area contributed by atoms with Crippen molar-refractivity contribution in [1.29, 1.82) is 5.41 Å². The minimum absolute atomic E-state index is 0.0285. The van der Waals surface area contributed by atoms with Gasteiger partial charge in [-0.05, 0) is 31.5 Å². The van der Waals surface area contributed by atoms with Crippen LogP contribution in [0.1, 0.15) is 25.3 Å². The van der Waals surface area contributed by atoms with Crippen molar-refractivity contribution < 1.29 is 24.2 Å². The van der Waals surface area contributed by atoms with E-state index in [1.807, 2.05) is 0 Å². The van der Waals surface area contributed by atoms with E-state index in [-0.39, 0.29) is 35.6 Å². The van der Waals surface area contributed by atoms with Crippen LogP contribution < -0.4 is 4.74 Å². The number of benzene rings is 1. The number of ketones is 1. The molecule has 0 radical (unpaired) electrons. The topological polar surface area (TPSA) is 110 Å². The minimum Gasteiger partial charge on any atom is -0.507 e. The average Bonchev–Trinajstić information content (AvgIpc) is 2.62. The zero-order chi connectivity index (χ0) is 19.1. The first-order valence-electron chi connectivity index (χ1n) is 8.26. The highest BCUT2D eigenvalue weighted by Crippen LogP contribution is 2.30. The molecule has 0 aliphatic heterocycles. The van der Waals surface area contributed by atoms with Gasteiger partial charge in [0.1, 0.15) is 24.4 Å². The molecule has 7 heteroatoms. The molecule has 0 aliphatic rings. The van der Waals surface area contributed by atoms with Gasteiger partial charge in [0.15, 0.2) is 0 Å². The Morgan fingerprint density at radius 3 is 2.73 bits per heavy atom. The molecular formula is C19H22N2O5. The number of nitrogens with zero attached hydrogens (tertiary/aromatic N) is 1. The Bertz CT molecular complexity index is 819. The highest BCUT2D eigenvalue weighted by Gasteiger charge is 2.21. The quantitative estimate of drug-likeness (QED) is 0.384. The molecule has 2 rings (SSSR count). The van der Waals surface area contributed by atoms with Gasteiger partial charge in [-0.15, -0.1) is 0 Å². The molecule has 2 N–H and O–H groups in total. The molecule has 1 unspecified atom stereocenters. The van der Waals surface area contributed by atoms with E-state index >= 15 is 0 Å². The van der Waals surface area contributed by atoms with Crippen molar-refractivity contribution in [2.75, 3.05) is 20.3 Å². The van der Waals surface area contributed by atoms with Gasteiger partial charge < -0.3 is 29.6 Å². The fourth-order valence-corrected chi connectivity index (χ4v) is 2.59. The Kier molecular flexibility index (Phi) is 6.80. The largest absolute Gasteiger partial charge is 0.507 e. The molecular weight excluding hydrogens is 336 g/mol. The maximum Gasteiger partial charge on any atom is 0.213 e. The highest BCUT2D eigenvalue weighted by molar-refractivity contribution is 6.16. The minimum atomic E-state index is -0.770. The van der Waals surface area contributed by atoms with Crippen LogP contribution in [0, 0.1) is 11.3 Å². The van der Waals surface area contributed by atoms with Crippen LogP contribution >= 0.6 is 0 Å². The Balaban J connectivity index is 2.36. The Morgan fingerprint density at radius 1 is 1.31 bits per heavy atom. The second kappa shape index (κ2) is 9.05. The van der Waals surface area contributed by atoms with Crippen molar-refractivity contribution in [2.45, 2.75) is 19.8 Å². The van der Waals surface area contributed by atoms with Crippen LogP contribution in [0.4, 0.5) is 0 Å². The molecule has 1 atom stereocenters. The third-order valence-corrected chi connectivity index (χ3v) is 3.97. The molecule has 0 saturated heterocycles. The number of fused-ring (bicyclic) bond motifs is 1. The second-order valence-electron chi connectivity index (χ2n) is 5.91. The normalized spacial score (nSPS) is 11.9. The van der Waals surface area contributed by atoms with Gasteiger partial charge in [-0.1, -0.05) is 0 Å². The van der Waals surface area contributed by atoms with Crippen molar-refractivity contribution in [3.63, 3.8) is 0 Å². The summed E-state index contributed by atoms with van der Waals surface area (Å²) >= 11 is 0. The highest BCUT2D eigenvalue weighted by atomic mass is 16.5. The van der Waals surface area contributed by atoms with Gasteiger partial charge in [-0.2, -0.15) is 0 Å². The van der Waals surface area contributed by atoms with Crippen LogP contribution in [0.5, 0.6) is 11.6 Å². The van der Waals surface area contributed by atoms with E-state index in [0.29, 0.717) is 36.3 Å². The zero-order valence-corrected chi connectivity index (χ0v) is 14.8. The van der Waals surface area contributed by atoms with E-state index in [2.05, 4.69) is 4.98 Å². The van der Waals surface area contributed by atoms with E-state index in [9.17, 15) is 14.7 Å². The van der Waals surface area contributed by atoms with Crippen molar-refractivity contribution in [3.05, 3.63) is 29.8 Å². The van der Waals surface area contributed by atoms with Crippen LogP contribution in [-0.4, -0.2) is 48.2 Å². The average molecular weight is 358 g/mol. The lowest BCUT2D eigenvalue weighted by molar-refractivity contribution is -0.117. The second-order valence-corrected chi connectivity index (χ2v) is 5.91. The number of nitrogens with one attached hydrogen (secondary N) is 1. The Morgan fingerprint density at radius 2 is 2.08 bits per heavy atom. The number of methoxy groups -OCH3 is 1. The Hall–Kier alpha value is -2.80. The number of hydrogen-bond acceptors (Lipinski definition) is 7. The number of carbonyl (C=O) groups is 2. The van der Waals surface area contributed by atoms with Gasteiger partial charge in [0.25, 0.3) is 0 Å². The SMILES string of the molecule is COCCOc1ccc2c(C(=N)C(C=O)CCC(C)=O)c(O)ccc2n1. The van der Waals surface area contributed by atoms with Crippen LogP contribution in [0.15, 0.2) is 24.3 Å². The standard InChI is InChI=1S/C19H22N2O5/c1-12(23)3-4-13(11-22)19(20)18-14-5-8-17(26-10-9-25-2)21-15(14)6-7-16(18)24/h5-8,11,13,20,24H,3-4,9-10H2,1-2H3. The number of ether oxygens (including phenoxy) is 2. The van der Waals surface area contributed by atoms with Gasteiger partial charge in [-0.3, -0.25) is 0 Å². The molecule has 0 bridgehead atoms. The number of aromatic hydroxyl groups is 1. The number of carbonyl (C=O) groups excluding carboxylic acids is 2. The fraction of sp³-hybridized carbons (Fsp3) is 0.368. The molecule has 0 amide bonds. The number of pyridine rings is 1. The molecule has 26 heavy (non-hydrogen) atoms. The molecule has 0 fully saturated rings. The van der Waals surface area contributed by atoms with Gasteiger partial charge in [0.05, 0.1) is 23.8 Å². The van der Waals surface area contributed by atoms with Crippen LogP contribution in [-0.2, 0) is 14.3 Å². The van der Waals surface area contributed by atoms with Gasteiger partial charge >= 0.3 is 0 Å². The van der Waals surface area contributed by atoms with Gasteiger partial charge in [-0.25, -0.2) is 4.98 Å². The number of phenols is 1. The van der Waals surface area contributed by atoms with Crippen molar-refractivity contribution in [1.82, 2.24) is 4.98 Å². The summed E-state index contributed by atoms with van der Waals surface area (Å²) in [5, 5.41) is 19.2. The summed E-state index contributed by atoms with van der Waals surface area (Å²) in [5.41, 5.74) is 0.756. The lowest BCUT2D eigenvalue weighted by Gasteiger charge is -2.15.